The van der Waals surface area contributed by atoms with Gasteiger partial charge in [0.2, 0.25) is 0 Å². The molecule has 1 aliphatic rings. The number of ether oxygens (including phenoxy) is 1. The van der Waals surface area contributed by atoms with Crippen LogP contribution >= 0.6 is 11.3 Å². The summed E-state index contributed by atoms with van der Waals surface area (Å²) in [6, 6.07) is 7.67. The van der Waals surface area contributed by atoms with Gasteiger partial charge in [-0.05, 0) is 64.2 Å². The lowest BCUT2D eigenvalue weighted by atomic mass is 10.0. The molecule has 202 valence electrons. The number of likely N-dealkylation sites (N-methyl/N-ethyl adjacent to an activating group) is 1. The molecule has 0 bridgehead atoms. The quantitative estimate of drug-likeness (QED) is 0.395. The highest BCUT2D eigenvalue weighted by atomic mass is 32.1. The van der Waals surface area contributed by atoms with Crippen LogP contribution < -0.4 is 10.6 Å². The molecule has 0 unspecified atom stereocenters. The van der Waals surface area contributed by atoms with Crippen molar-refractivity contribution in [1.29, 1.82) is 0 Å². The Labute approximate surface area is 224 Å². The van der Waals surface area contributed by atoms with E-state index in [0.29, 0.717) is 24.3 Å². The number of anilines is 1. The maximum Gasteiger partial charge on any atom is 0.412 e. The van der Waals surface area contributed by atoms with Gasteiger partial charge < -0.3 is 19.9 Å². The fraction of sp³-hybridized carbons (Fsp3) is 0.536. The molecule has 0 aliphatic heterocycles. The van der Waals surface area contributed by atoms with Crippen LogP contribution in [0.1, 0.15) is 67.9 Å². The molecule has 1 heterocycles. The van der Waals surface area contributed by atoms with E-state index in [-0.39, 0.29) is 24.3 Å². The molecule has 1 aromatic carbocycles. The summed E-state index contributed by atoms with van der Waals surface area (Å²) in [5, 5.41) is 9.59. The first-order chi connectivity index (χ1) is 17.5. The zero-order chi connectivity index (χ0) is 27.0. The Morgan fingerprint density at radius 3 is 2.32 bits per heavy atom. The molecule has 2 N–H and O–H groups in total. The number of carbonyl (C=O) groups is 3. The molecule has 2 aromatic rings. The first-order valence-corrected chi connectivity index (χ1v) is 13.8. The third kappa shape index (κ3) is 9.48. The fourth-order valence-electron chi connectivity index (χ4n) is 4.18. The van der Waals surface area contributed by atoms with E-state index < -0.39 is 11.7 Å². The van der Waals surface area contributed by atoms with Crippen LogP contribution in [0.4, 0.5) is 15.3 Å². The van der Waals surface area contributed by atoms with Crippen molar-refractivity contribution in [3.05, 3.63) is 51.7 Å². The van der Waals surface area contributed by atoms with E-state index in [0.717, 1.165) is 30.5 Å². The molecule has 3 amide bonds. The van der Waals surface area contributed by atoms with Crippen molar-refractivity contribution in [2.75, 3.05) is 32.5 Å². The van der Waals surface area contributed by atoms with Gasteiger partial charge in [0.25, 0.3) is 0 Å². The van der Waals surface area contributed by atoms with Crippen molar-refractivity contribution in [3.63, 3.8) is 0 Å². The topological polar surface area (TPSA) is 91.0 Å². The number of thiophene rings is 1. The molecule has 0 atom stereocenters. The first kappa shape index (κ1) is 28.7. The summed E-state index contributed by atoms with van der Waals surface area (Å²) >= 11 is 1.42. The van der Waals surface area contributed by atoms with Crippen LogP contribution in [0.5, 0.6) is 0 Å². The van der Waals surface area contributed by atoms with Crippen LogP contribution in [0.15, 0.2) is 35.0 Å². The van der Waals surface area contributed by atoms with Gasteiger partial charge in [0.05, 0.1) is 5.69 Å². The fourth-order valence-corrected chi connectivity index (χ4v) is 4.97. The number of urea groups is 1. The number of benzene rings is 1. The molecule has 0 radical (unpaired) electrons. The van der Waals surface area contributed by atoms with Gasteiger partial charge in [-0.1, -0.05) is 37.1 Å². The Bertz CT molecular complexity index is 1050. The molecule has 1 aliphatic carbocycles. The Kier molecular flexibility index (Phi) is 10.1. The Hall–Kier alpha value is -2.91. The van der Waals surface area contributed by atoms with Crippen LogP contribution in [0.3, 0.4) is 0 Å². The molecule has 1 fully saturated rings. The second-order valence-corrected chi connectivity index (χ2v) is 11.6. The maximum atomic E-state index is 13.0. The predicted octanol–water partition coefficient (Wildman–Crippen LogP) is 5.54. The minimum Gasteiger partial charge on any atom is -0.444 e. The Balaban J connectivity index is 1.60. The largest absolute Gasteiger partial charge is 0.444 e. The number of hydrogen-bond acceptors (Lipinski definition) is 6. The van der Waals surface area contributed by atoms with Crippen LogP contribution in [0.2, 0.25) is 0 Å². The average molecular weight is 529 g/mol. The number of Topliss-reactive ketones (excluding diaryl/α,β-unsaturated/α-hetero) is 1. The Morgan fingerprint density at radius 1 is 1.03 bits per heavy atom. The van der Waals surface area contributed by atoms with Gasteiger partial charge in [-0.25, -0.2) is 9.59 Å². The van der Waals surface area contributed by atoms with Gasteiger partial charge >= 0.3 is 12.1 Å². The number of hydrogen-bond donors (Lipinski definition) is 2. The van der Waals surface area contributed by atoms with Crippen molar-refractivity contribution in [3.8, 4) is 0 Å². The van der Waals surface area contributed by atoms with Crippen molar-refractivity contribution < 1.29 is 19.1 Å². The van der Waals surface area contributed by atoms with Gasteiger partial charge in [0.15, 0.2) is 5.78 Å². The summed E-state index contributed by atoms with van der Waals surface area (Å²) in [6.45, 7) is 7.29. The summed E-state index contributed by atoms with van der Waals surface area (Å²) in [5.41, 5.74) is 2.31. The van der Waals surface area contributed by atoms with E-state index in [1.165, 1.54) is 24.2 Å². The minimum atomic E-state index is -0.600. The van der Waals surface area contributed by atoms with Crippen LogP contribution in [0, 0.1) is 0 Å². The zero-order valence-corrected chi connectivity index (χ0v) is 23.5. The summed E-state index contributed by atoms with van der Waals surface area (Å²) in [4.78, 5) is 42.0. The third-order valence-corrected chi connectivity index (χ3v) is 6.96. The molecule has 37 heavy (non-hydrogen) atoms. The number of rotatable bonds is 10. The lowest BCUT2D eigenvalue weighted by molar-refractivity contribution is 0.0635. The van der Waals surface area contributed by atoms with Gasteiger partial charge in [0, 0.05) is 43.0 Å². The van der Waals surface area contributed by atoms with E-state index in [2.05, 4.69) is 15.5 Å². The molecule has 8 nitrogen and oxygen atoms in total. The van der Waals surface area contributed by atoms with E-state index in [1.54, 1.807) is 26.2 Å². The number of carbonyl (C=O) groups excluding carboxylic acids is 3. The van der Waals surface area contributed by atoms with Gasteiger partial charge in [-0.3, -0.25) is 10.1 Å². The highest BCUT2D eigenvalue weighted by Crippen LogP contribution is 2.24. The molecular weight excluding hydrogens is 488 g/mol. The van der Waals surface area contributed by atoms with Crippen molar-refractivity contribution >= 4 is 34.9 Å². The molecule has 1 aromatic heterocycles. The molecule has 3 rings (SSSR count). The van der Waals surface area contributed by atoms with E-state index in [4.69, 9.17) is 4.74 Å². The predicted molar refractivity (Wildman–Crippen MR) is 148 cm³/mol. The second-order valence-electron chi connectivity index (χ2n) is 10.9. The monoisotopic (exact) mass is 528 g/mol. The highest BCUT2D eigenvalue weighted by molar-refractivity contribution is 7.08. The maximum absolute atomic E-state index is 13.0. The summed E-state index contributed by atoms with van der Waals surface area (Å²) in [5.74, 6) is -0.0411. The van der Waals surface area contributed by atoms with Crippen molar-refractivity contribution in [2.24, 2.45) is 0 Å². The van der Waals surface area contributed by atoms with Crippen molar-refractivity contribution in [2.45, 2.75) is 71.1 Å². The summed E-state index contributed by atoms with van der Waals surface area (Å²) in [7, 11) is 3.99. The number of ketones is 1. The first-order valence-electron chi connectivity index (χ1n) is 12.9. The van der Waals surface area contributed by atoms with Crippen LogP contribution in [-0.2, 0) is 17.7 Å². The van der Waals surface area contributed by atoms with E-state index in [9.17, 15) is 14.4 Å². The molecule has 1 saturated carbocycles. The zero-order valence-electron chi connectivity index (χ0n) is 22.6. The second kappa shape index (κ2) is 13.1. The van der Waals surface area contributed by atoms with Crippen molar-refractivity contribution in [1.82, 2.24) is 15.1 Å². The lowest BCUT2D eigenvalue weighted by Crippen LogP contribution is -2.45. The molecule has 0 saturated heterocycles. The van der Waals surface area contributed by atoms with E-state index >= 15 is 0 Å². The summed E-state index contributed by atoms with van der Waals surface area (Å²) < 4.78 is 5.32. The minimum absolute atomic E-state index is 0.0311. The van der Waals surface area contributed by atoms with Gasteiger partial charge in [0.1, 0.15) is 5.60 Å². The SMILES string of the molecule is CN(C)CCN(Cc1ccc(C(=O)Cc2cscc2NC(=O)OC(C)(C)C)cc1)C(=O)NC1CCCC1. The molecule has 0 spiro atoms. The van der Waals surface area contributed by atoms with Crippen LogP contribution in [-0.4, -0.2) is 66.5 Å². The molecule has 9 heteroatoms. The average Bonchev–Trinajstić information content (AvgIpc) is 3.47. The van der Waals surface area contributed by atoms with Gasteiger partial charge in [-0.15, -0.1) is 11.3 Å². The smallest absolute Gasteiger partial charge is 0.412 e. The van der Waals surface area contributed by atoms with E-state index in [1.807, 2.05) is 48.6 Å². The lowest BCUT2D eigenvalue weighted by Gasteiger charge is -2.26. The highest BCUT2D eigenvalue weighted by Gasteiger charge is 2.22. The normalized spacial score (nSPS) is 14.0. The molecular formula is C28H40N4O4S. The third-order valence-electron chi connectivity index (χ3n) is 6.17. The number of nitrogens with one attached hydrogen (secondary N) is 2. The number of nitrogens with zero attached hydrogens (tertiary/aromatic N) is 2. The standard InChI is InChI=1S/C28H40N4O4S/c1-28(2,3)36-27(35)30-24-19-37-18-22(24)16-25(33)21-12-10-20(11-13-21)17-32(15-14-31(4)5)26(34)29-23-8-6-7-9-23/h10-13,18-19,23H,6-9,14-17H2,1-5H3,(H,29,34)(H,30,35). The number of amides is 3. The summed E-state index contributed by atoms with van der Waals surface area (Å²) in [6.07, 6.45) is 4.06. The Morgan fingerprint density at radius 2 is 1.70 bits per heavy atom. The van der Waals surface area contributed by atoms with Gasteiger partial charge in [-0.2, -0.15) is 0 Å². The van der Waals surface area contributed by atoms with Crippen LogP contribution in [0.25, 0.3) is 0 Å².